The molecular weight excluding hydrogens is 250 g/mol. The molecule has 0 unspecified atom stereocenters. The Morgan fingerprint density at radius 2 is 1.84 bits per heavy atom. The zero-order chi connectivity index (χ0) is 14.8. The van der Waals surface area contributed by atoms with Gasteiger partial charge in [-0.15, -0.1) is 0 Å². The van der Waals surface area contributed by atoms with Crippen molar-refractivity contribution in [3.63, 3.8) is 0 Å². The van der Waals surface area contributed by atoms with Gasteiger partial charge < -0.3 is 21.1 Å². The van der Waals surface area contributed by atoms with Crippen LogP contribution in [0, 0.1) is 0 Å². The van der Waals surface area contributed by atoms with E-state index in [1.54, 1.807) is 0 Å². The average molecular weight is 273 g/mol. The number of nitrogens with one attached hydrogen (secondary N) is 1. The number of carbonyl (C=O) groups excluding carboxylic acids is 2. The maximum Gasteiger partial charge on any atom is 0.317 e. The molecule has 0 spiro atoms. The van der Waals surface area contributed by atoms with Crippen LogP contribution in [0.5, 0.6) is 0 Å². The minimum Gasteiger partial charge on any atom is -0.481 e. The molecule has 0 saturated heterocycles. The molecule has 0 aliphatic heterocycles. The normalized spacial score (nSPS) is 10.3. The van der Waals surface area contributed by atoms with E-state index >= 15 is 0 Å². The molecule has 0 aromatic carbocycles. The van der Waals surface area contributed by atoms with Crippen molar-refractivity contribution < 1.29 is 19.5 Å². The molecule has 0 heterocycles. The highest BCUT2D eigenvalue weighted by Gasteiger charge is 2.17. The summed E-state index contributed by atoms with van der Waals surface area (Å²) in [5, 5.41) is 11.3. The highest BCUT2D eigenvalue weighted by molar-refractivity contribution is 5.75. The van der Waals surface area contributed by atoms with Crippen LogP contribution in [0.25, 0.3) is 0 Å². The Bertz CT molecular complexity index is 318. The second-order valence-electron chi connectivity index (χ2n) is 4.59. The van der Waals surface area contributed by atoms with E-state index in [9.17, 15) is 14.4 Å². The lowest BCUT2D eigenvalue weighted by Gasteiger charge is -2.26. The van der Waals surface area contributed by atoms with Crippen molar-refractivity contribution in [1.29, 1.82) is 0 Å². The summed E-state index contributed by atoms with van der Waals surface area (Å²) in [7, 11) is 0. The van der Waals surface area contributed by atoms with Crippen molar-refractivity contribution in [2.24, 2.45) is 5.73 Å². The highest BCUT2D eigenvalue weighted by Crippen LogP contribution is 2.01. The number of hydrogen-bond acceptors (Lipinski definition) is 3. The molecule has 0 rings (SSSR count). The molecule has 3 amide bonds. The van der Waals surface area contributed by atoms with Crippen molar-refractivity contribution in [2.75, 3.05) is 13.1 Å². The molecular formula is C12H23N3O4. The zero-order valence-electron chi connectivity index (χ0n) is 11.5. The van der Waals surface area contributed by atoms with Crippen LogP contribution in [0.1, 0.15) is 39.5 Å². The van der Waals surface area contributed by atoms with Crippen molar-refractivity contribution in [1.82, 2.24) is 10.2 Å². The standard InChI is InChI=1S/C12H23N3O4/c1-9(2)15(8-6-11(17)18)12(19)14-7-4-3-5-10(13)16/h9H,3-8H2,1-2H3,(H2,13,16)(H,14,19)(H,17,18). The number of rotatable bonds is 9. The van der Waals surface area contributed by atoms with Crippen LogP contribution in [-0.4, -0.2) is 47.0 Å². The van der Waals surface area contributed by atoms with E-state index in [-0.39, 0.29) is 30.9 Å². The molecule has 110 valence electrons. The zero-order valence-corrected chi connectivity index (χ0v) is 11.5. The molecule has 0 fully saturated rings. The number of carboxylic acids is 1. The number of carbonyl (C=O) groups is 3. The lowest BCUT2D eigenvalue weighted by Crippen LogP contribution is -2.45. The number of hydrogen-bond donors (Lipinski definition) is 3. The molecule has 0 saturated carbocycles. The van der Waals surface area contributed by atoms with Gasteiger partial charge in [0, 0.05) is 25.6 Å². The van der Waals surface area contributed by atoms with Crippen molar-refractivity contribution >= 4 is 17.9 Å². The van der Waals surface area contributed by atoms with Gasteiger partial charge in [-0.3, -0.25) is 9.59 Å². The third-order valence-electron chi connectivity index (χ3n) is 2.58. The van der Waals surface area contributed by atoms with Crippen molar-refractivity contribution in [3.8, 4) is 0 Å². The van der Waals surface area contributed by atoms with Crippen LogP contribution in [0.15, 0.2) is 0 Å². The number of amides is 3. The molecule has 0 bridgehead atoms. The topological polar surface area (TPSA) is 113 Å². The first-order valence-electron chi connectivity index (χ1n) is 6.39. The molecule has 19 heavy (non-hydrogen) atoms. The van der Waals surface area contributed by atoms with Gasteiger partial charge in [-0.2, -0.15) is 0 Å². The first-order valence-corrected chi connectivity index (χ1v) is 6.39. The van der Waals surface area contributed by atoms with Gasteiger partial charge in [0.15, 0.2) is 0 Å². The summed E-state index contributed by atoms with van der Waals surface area (Å²) in [6.07, 6.45) is 1.53. The van der Waals surface area contributed by atoms with Crippen LogP contribution in [0.3, 0.4) is 0 Å². The summed E-state index contributed by atoms with van der Waals surface area (Å²) in [5.41, 5.74) is 5.00. The quantitative estimate of drug-likeness (QED) is 0.532. The highest BCUT2D eigenvalue weighted by atomic mass is 16.4. The first kappa shape index (κ1) is 17.2. The van der Waals surface area contributed by atoms with E-state index in [1.807, 2.05) is 13.8 Å². The van der Waals surface area contributed by atoms with E-state index in [1.165, 1.54) is 4.90 Å². The minimum atomic E-state index is -0.931. The number of nitrogens with zero attached hydrogens (tertiary/aromatic N) is 1. The monoisotopic (exact) mass is 273 g/mol. The van der Waals surface area contributed by atoms with Gasteiger partial charge in [0.2, 0.25) is 5.91 Å². The van der Waals surface area contributed by atoms with Crippen molar-refractivity contribution in [2.45, 2.75) is 45.6 Å². The summed E-state index contributed by atoms with van der Waals surface area (Å²) >= 11 is 0. The Labute approximate surface area is 113 Å². The molecule has 0 radical (unpaired) electrons. The Kier molecular flexibility index (Phi) is 8.32. The maximum absolute atomic E-state index is 11.8. The number of nitrogens with two attached hydrogens (primary N) is 1. The Morgan fingerprint density at radius 1 is 1.21 bits per heavy atom. The average Bonchev–Trinajstić information content (AvgIpc) is 2.27. The lowest BCUT2D eigenvalue weighted by molar-refractivity contribution is -0.137. The predicted octanol–water partition coefficient (Wildman–Crippen LogP) is 0.537. The van der Waals surface area contributed by atoms with E-state index in [4.69, 9.17) is 10.8 Å². The number of primary amides is 1. The third-order valence-corrected chi connectivity index (χ3v) is 2.58. The minimum absolute atomic E-state index is 0.0648. The Morgan fingerprint density at radius 3 is 2.32 bits per heavy atom. The number of urea groups is 1. The SMILES string of the molecule is CC(C)N(CCC(=O)O)C(=O)NCCCCC(N)=O. The second-order valence-corrected chi connectivity index (χ2v) is 4.59. The van der Waals surface area contributed by atoms with E-state index in [0.717, 1.165) is 0 Å². The van der Waals surface area contributed by atoms with Crippen LogP contribution in [0.4, 0.5) is 4.79 Å². The molecule has 0 atom stereocenters. The maximum atomic E-state index is 11.8. The molecule has 4 N–H and O–H groups in total. The number of unbranched alkanes of at least 4 members (excludes halogenated alkanes) is 1. The fourth-order valence-electron chi connectivity index (χ4n) is 1.53. The van der Waals surface area contributed by atoms with Crippen molar-refractivity contribution in [3.05, 3.63) is 0 Å². The van der Waals surface area contributed by atoms with Crippen LogP contribution < -0.4 is 11.1 Å². The number of aliphatic carboxylic acids is 1. The summed E-state index contributed by atoms with van der Waals surface area (Å²) in [5.74, 6) is -1.28. The first-order chi connectivity index (χ1) is 8.84. The summed E-state index contributed by atoms with van der Waals surface area (Å²) in [4.78, 5) is 34.3. The number of carboxylic acid groups (broad SMARTS) is 1. The van der Waals surface area contributed by atoms with E-state index < -0.39 is 5.97 Å². The van der Waals surface area contributed by atoms with Crippen LogP contribution in [0.2, 0.25) is 0 Å². The van der Waals surface area contributed by atoms with Gasteiger partial charge in [-0.25, -0.2) is 4.79 Å². The van der Waals surface area contributed by atoms with Gasteiger partial charge in [-0.1, -0.05) is 0 Å². The Hall–Kier alpha value is -1.79. The second kappa shape index (κ2) is 9.18. The summed E-state index contributed by atoms with van der Waals surface area (Å²) in [6.45, 7) is 4.28. The molecule has 0 aromatic rings. The predicted molar refractivity (Wildman–Crippen MR) is 70.5 cm³/mol. The molecule has 7 nitrogen and oxygen atoms in total. The van der Waals surface area contributed by atoms with Crippen LogP contribution >= 0.6 is 0 Å². The third kappa shape index (κ3) is 8.87. The van der Waals surface area contributed by atoms with Gasteiger partial charge >= 0.3 is 12.0 Å². The van der Waals surface area contributed by atoms with E-state index in [0.29, 0.717) is 25.8 Å². The fourth-order valence-corrected chi connectivity index (χ4v) is 1.53. The largest absolute Gasteiger partial charge is 0.481 e. The lowest BCUT2D eigenvalue weighted by atomic mass is 10.2. The molecule has 0 aliphatic carbocycles. The smallest absolute Gasteiger partial charge is 0.317 e. The van der Waals surface area contributed by atoms with E-state index in [2.05, 4.69) is 5.32 Å². The summed E-state index contributed by atoms with van der Waals surface area (Å²) in [6, 6.07) is -0.347. The molecule has 7 heteroatoms. The van der Waals surface area contributed by atoms with Gasteiger partial charge in [0.25, 0.3) is 0 Å². The fraction of sp³-hybridized carbons (Fsp3) is 0.750. The van der Waals surface area contributed by atoms with Gasteiger partial charge in [0.05, 0.1) is 6.42 Å². The summed E-state index contributed by atoms with van der Waals surface area (Å²) < 4.78 is 0. The molecule has 0 aromatic heterocycles. The van der Waals surface area contributed by atoms with Gasteiger partial charge in [-0.05, 0) is 26.7 Å². The molecule has 0 aliphatic rings. The van der Waals surface area contributed by atoms with Crippen LogP contribution in [-0.2, 0) is 9.59 Å². The Balaban J connectivity index is 3.98. The van der Waals surface area contributed by atoms with Gasteiger partial charge in [0.1, 0.15) is 0 Å².